The Bertz CT molecular complexity index is 953. The second-order valence-electron chi connectivity index (χ2n) is 7.98. The van der Waals surface area contributed by atoms with Gasteiger partial charge >= 0.3 is 18.2 Å². The van der Waals surface area contributed by atoms with E-state index in [9.17, 15) is 22.8 Å². The van der Waals surface area contributed by atoms with Crippen LogP contribution in [-0.4, -0.2) is 49.2 Å². The van der Waals surface area contributed by atoms with Crippen LogP contribution in [0.2, 0.25) is 0 Å². The molecule has 1 saturated heterocycles. The molecule has 2 aromatic carbocycles. The number of benzene rings is 2. The number of nitrogens with zero attached hydrogens (tertiary/aromatic N) is 2. The number of anilines is 1. The Morgan fingerprint density at radius 1 is 1.09 bits per heavy atom. The molecule has 1 aliphatic rings. The summed E-state index contributed by atoms with van der Waals surface area (Å²) in [5, 5.41) is 3.34. The molecule has 0 radical (unpaired) electrons. The standard InChI is InChI=1S/C23H26F3N3O3/c1-15-12-28(13-16(2)27-15)22(31)29(20-6-4-5-19(11-20)23(24,25)26)14-17-7-9-18(10-8-17)21(30)32-3/h4-11,15-16,27H,12-14H2,1-3H3/t15-,16?/m0/s1. The molecule has 1 aliphatic heterocycles. The molecule has 0 bridgehead atoms. The number of alkyl halides is 3. The molecule has 2 atom stereocenters. The van der Waals surface area contributed by atoms with E-state index in [0.717, 1.165) is 12.1 Å². The molecule has 1 heterocycles. The second-order valence-corrected chi connectivity index (χ2v) is 7.98. The Labute approximate surface area is 184 Å². The van der Waals surface area contributed by atoms with E-state index in [2.05, 4.69) is 10.1 Å². The lowest BCUT2D eigenvalue weighted by molar-refractivity contribution is -0.137. The number of hydrogen-bond donors (Lipinski definition) is 1. The molecule has 1 N–H and O–H groups in total. The Morgan fingerprint density at radius 2 is 1.72 bits per heavy atom. The highest BCUT2D eigenvalue weighted by atomic mass is 19.4. The lowest BCUT2D eigenvalue weighted by Gasteiger charge is -2.39. The van der Waals surface area contributed by atoms with Crippen LogP contribution in [-0.2, 0) is 17.5 Å². The molecule has 0 aliphatic carbocycles. The fourth-order valence-electron chi connectivity index (χ4n) is 3.82. The first-order chi connectivity index (χ1) is 15.1. The van der Waals surface area contributed by atoms with Gasteiger partial charge in [0.15, 0.2) is 0 Å². The maximum atomic E-state index is 13.4. The summed E-state index contributed by atoms with van der Waals surface area (Å²) in [4.78, 5) is 28.1. The van der Waals surface area contributed by atoms with Crippen LogP contribution in [0.5, 0.6) is 0 Å². The van der Waals surface area contributed by atoms with Crippen molar-refractivity contribution in [1.29, 1.82) is 0 Å². The zero-order valence-electron chi connectivity index (χ0n) is 18.1. The third-order valence-electron chi connectivity index (χ3n) is 5.26. The lowest BCUT2D eigenvalue weighted by atomic mass is 10.1. The predicted octanol–water partition coefficient (Wildman–Crippen LogP) is 4.30. The molecule has 32 heavy (non-hydrogen) atoms. The molecular formula is C23H26F3N3O3. The molecule has 172 valence electrons. The fraction of sp³-hybridized carbons (Fsp3) is 0.391. The normalized spacial score (nSPS) is 18.9. The average Bonchev–Trinajstić information content (AvgIpc) is 2.75. The highest BCUT2D eigenvalue weighted by Crippen LogP contribution is 2.32. The van der Waals surface area contributed by atoms with Gasteiger partial charge in [0.1, 0.15) is 0 Å². The number of halogens is 3. The van der Waals surface area contributed by atoms with Gasteiger partial charge in [-0.05, 0) is 49.7 Å². The van der Waals surface area contributed by atoms with E-state index in [4.69, 9.17) is 0 Å². The summed E-state index contributed by atoms with van der Waals surface area (Å²) in [5.74, 6) is -0.494. The monoisotopic (exact) mass is 449 g/mol. The van der Waals surface area contributed by atoms with Gasteiger partial charge in [-0.1, -0.05) is 18.2 Å². The molecule has 1 unspecified atom stereocenters. The van der Waals surface area contributed by atoms with Crippen molar-refractivity contribution in [1.82, 2.24) is 10.2 Å². The zero-order valence-corrected chi connectivity index (χ0v) is 18.1. The predicted molar refractivity (Wildman–Crippen MR) is 114 cm³/mol. The number of esters is 1. The maximum absolute atomic E-state index is 13.4. The summed E-state index contributed by atoms with van der Waals surface area (Å²) in [6.07, 6.45) is -4.52. The fourth-order valence-corrected chi connectivity index (χ4v) is 3.82. The minimum Gasteiger partial charge on any atom is -0.465 e. The summed E-state index contributed by atoms with van der Waals surface area (Å²) < 4.78 is 44.6. The highest BCUT2D eigenvalue weighted by molar-refractivity contribution is 5.92. The van der Waals surface area contributed by atoms with Crippen molar-refractivity contribution in [2.24, 2.45) is 0 Å². The number of piperazine rings is 1. The van der Waals surface area contributed by atoms with E-state index in [1.165, 1.54) is 24.1 Å². The molecule has 9 heteroatoms. The van der Waals surface area contributed by atoms with Crippen LogP contribution in [0.25, 0.3) is 0 Å². The number of ether oxygens (including phenoxy) is 1. The Balaban J connectivity index is 1.94. The molecule has 2 aromatic rings. The minimum absolute atomic E-state index is 0.0499. The van der Waals surface area contributed by atoms with Crippen molar-refractivity contribution in [3.8, 4) is 0 Å². The smallest absolute Gasteiger partial charge is 0.416 e. The first-order valence-corrected chi connectivity index (χ1v) is 10.3. The van der Waals surface area contributed by atoms with Crippen LogP contribution in [0, 0.1) is 0 Å². The quantitative estimate of drug-likeness (QED) is 0.707. The minimum atomic E-state index is -4.52. The van der Waals surface area contributed by atoms with Gasteiger partial charge in [0.05, 0.1) is 24.8 Å². The van der Waals surface area contributed by atoms with E-state index in [1.54, 1.807) is 29.2 Å². The number of nitrogens with one attached hydrogen (secondary N) is 1. The van der Waals surface area contributed by atoms with Gasteiger partial charge in [-0.15, -0.1) is 0 Å². The van der Waals surface area contributed by atoms with Gasteiger partial charge in [-0.25, -0.2) is 9.59 Å². The number of carbonyl (C=O) groups is 2. The third kappa shape index (κ3) is 5.59. The molecule has 2 amide bonds. The number of methoxy groups -OCH3 is 1. The van der Waals surface area contributed by atoms with Crippen LogP contribution in [0.3, 0.4) is 0 Å². The van der Waals surface area contributed by atoms with E-state index in [-0.39, 0.29) is 30.3 Å². The first kappa shape index (κ1) is 23.6. The average molecular weight is 449 g/mol. The van der Waals surface area contributed by atoms with Crippen molar-refractivity contribution < 1.29 is 27.5 Å². The van der Waals surface area contributed by atoms with Gasteiger partial charge in [-0.3, -0.25) is 4.90 Å². The topological polar surface area (TPSA) is 61.9 Å². The van der Waals surface area contributed by atoms with E-state index >= 15 is 0 Å². The summed E-state index contributed by atoms with van der Waals surface area (Å²) in [6, 6.07) is 10.9. The van der Waals surface area contributed by atoms with Crippen LogP contribution >= 0.6 is 0 Å². The Hall–Kier alpha value is -3.07. The molecule has 1 fully saturated rings. The van der Waals surface area contributed by atoms with Gasteiger partial charge in [0.2, 0.25) is 0 Å². The van der Waals surface area contributed by atoms with Gasteiger partial charge in [0, 0.05) is 30.9 Å². The maximum Gasteiger partial charge on any atom is 0.416 e. The lowest BCUT2D eigenvalue weighted by Crippen LogP contribution is -2.58. The largest absolute Gasteiger partial charge is 0.465 e. The molecule has 0 aromatic heterocycles. The summed E-state index contributed by atoms with van der Waals surface area (Å²) >= 11 is 0. The molecule has 0 spiro atoms. The third-order valence-corrected chi connectivity index (χ3v) is 5.26. The van der Waals surface area contributed by atoms with E-state index in [1.807, 2.05) is 13.8 Å². The van der Waals surface area contributed by atoms with Crippen LogP contribution in [0.1, 0.15) is 35.3 Å². The van der Waals surface area contributed by atoms with Gasteiger partial charge in [-0.2, -0.15) is 13.2 Å². The van der Waals surface area contributed by atoms with Crippen LogP contribution < -0.4 is 10.2 Å². The Morgan fingerprint density at radius 3 is 2.28 bits per heavy atom. The number of hydrogen-bond acceptors (Lipinski definition) is 4. The van der Waals surface area contributed by atoms with Gasteiger partial charge in [0.25, 0.3) is 0 Å². The highest BCUT2D eigenvalue weighted by Gasteiger charge is 2.33. The number of rotatable bonds is 4. The Kier molecular flexibility index (Phi) is 7.08. The molecular weight excluding hydrogens is 423 g/mol. The number of amides is 2. The van der Waals surface area contributed by atoms with Gasteiger partial charge < -0.3 is 15.0 Å². The van der Waals surface area contributed by atoms with Crippen LogP contribution in [0.4, 0.5) is 23.7 Å². The molecule has 3 rings (SSSR count). The number of urea groups is 1. The summed E-state index contributed by atoms with van der Waals surface area (Å²) in [7, 11) is 1.28. The van der Waals surface area contributed by atoms with Crippen molar-refractivity contribution in [2.45, 2.75) is 38.7 Å². The summed E-state index contributed by atoms with van der Waals surface area (Å²) in [6.45, 7) is 4.85. The first-order valence-electron chi connectivity index (χ1n) is 10.3. The molecule has 0 saturated carbocycles. The van der Waals surface area contributed by atoms with Crippen molar-refractivity contribution in [3.63, 3.8) is 0 Å². The molecule has 6 nitrogen and oxygen atoms in total. The van der Waals surface area contributed by atoms with Crippen molar-refractivity contribution >= 4 is 17.7 Å². The van der Waals surface area contributed by atoms with Crippen molar-refractivity contribution in [2.75, 3.05) is 25.1 Å². The summed E-state index contributed by atoms with van der Waals surface area (Å²) in [5.41, 5.74) is 0.342. The second kappa shape index (κ2) is 9.60. The van der Waals surface area contributed by atoms with Crippen molar-refractivity contribution in [3.05, 3.63) is 65.2 Å². The van der Waals surface area contributed by atoms with E-state index in [0.29, 0.717) is 24.2 Å². The zero-order chi connectivity index (χ0) is 23.5. The number of carbonyl (C=O) groups excluding carboxylic acids is 2. The SMILES string of the molecule is COC(=O)c1ccc(CN(C(=O)N2CC(C)N[C@@H](C)C2)c2cccc(C(F)(F)F)c2)cc1. The van der Waals surface area contributed by atoms with Crippen LogP contribution in [0.15, 0.2) is 48.5 Å². The van der Waals surface area contributed by atoms with E-state index < -0.39 is 17.7 Å².